The fourth-order valence-electron chi connectivity index (χ4n) is 1.24. The van der Waals surface area contributed by atoms with E-state index >= 15 is 0 Å². The third kappa shape index (κ3) is 1.92. The molecule has 0 atom stereocenters. The molecule has 0 aliphatic rings. The van der Waals surface area contributed by atoms with E-state index in [9.17, 15) is 13.2 Å². The zero-order valence-electron chi connectivity index (χ0n) is 7.51. The highest BCUT2D eigenvalue weighted by Crippen LogP contribution is 2.18. The van der Waals surface area contributed by atoms with E-state index in [1.807, 2.05) is 0 Å². The van der Waals surface area contributed by atoms with Crippen molar-refractivity contribution in [3.05, 3.63) is 39.9 Å². The Bertz CT molecular complexity index is 673. The molecular weight excluding hydrogens is 234 g/mol. The maximum absolute atomic E-state index is 11.4. The molecule has 0 aliphatic carbocycles. The van der Waals surface area contributed by atoms with Gasteiger partial charge >= 0.3 is 0 Å². The van der Waals surface area contributed by atoms with Gasteiger partial charge in [-0.05, 0) is 17.5 Å². The second-order valence-corrected chi connectivity index (χ2v) is 5.53. The molecule has 0 amide bonds. The predicted octanol–water partition coefficient (Wildman–Crippen LogP) is 0.909. The van der Waals surface area contributed by atoms with Gasteiger partial charge in [-0.25, -0.2) is 13.6 Å². The molecule has 4 nitrogen and oxygen atoms in total. The average molecular weight is 241 g/mol. The van der Waals surface area contributed by atoms with Gasteiger partial charge in [-0.3, -0.25) is 4.79 Å². The zero-order valence-corrected chi connectivity index (χ0v) is 9.14. The third-order valence-electron chi connectivity index (χ3n) is 1.92. The van der Waals surface area contributed by atoms with E-state index in [0.29, 0.717) is 5.39 Å². The second kappa shape index (κ2) is 3.41. The van der Waals surface area contributed by atoms with Crippen LogP contribution in [0, 0.1) is 0 Å². The summed E-state index contributed by atoms with van der Waals surface area (Å²) >= 11 is 0.880. The van der Waals surface area contributed by atoms with E-state index in [4.69, 9.17) is 5.14 Å². The maximum Gasteiger partial charge on any atom is 0.252 e. The van der Waals surface area contributed by atoms with Crippen molar-refractivity contribution in [2.45, 2.75) is 4.90 Å². The van der Waals surface area contributed by atoms with Crippen molar-refractivity contribution in [3.63, 3.8) is 0 Å². The lowest BCUT2D eigenvalue weighted by molar-refractivity contribution is 0.597. The Morgan fingerprint density at radius 1 is 1.20 bits per heavy atom. The van der Waals surface area contributed by atoms with E-state index in [1.165, 1.54) is 6.07 Å². The lowest BCUT2D eigenvalue weighted by atomic mass is 10.2. The summed E-state index contributed by atoms with van der Waals surface area (Å²) in [6, 6.07) is 8.36. The molecule has 78 valence electrons. The Kier molecular flexibility index (Phi) is 2.34. The molecule has 1 heterocycles. The largest absolute Gasteiger partial charge is 0.276 e. The van der Waals surface area contributed by atoms with Crippen LogP contribution in [0.1, 0.15) is 0 Å². The lowest BCUT2D eigenvalue weighted by Crippen LogP contribution is -2.19. The summed E-state index contributed by atoms with van der Waals surface area (Å²) in [5.41, 5.74) is 0. The number of sulfonamides is 1. The van der Waals surface area contributed by atoms with Crippen LogP contribution in [0.5, 0.6) is 0 Å². The van der Waals surface area contributed by atoms with Gasteiger partial charge in [0.2, 0.25) is 10.0 Å². The van der Waals surface area contributed by atoms with Crippen LogP contribution >= 0.6 is 11.3 Å². The molecule has 15 heavy (non-hydrogen) atoms. The fraction of sp³-hybridized carbons (Fsp3) is 0. The number of rotatable bonds is 1. The molecule has 1 aromatic heterocycles. The predicted molar refractivity (Wildman–Crippen MR) is 59.5 cm³/mol. The Labute approximate surface area is 90.0 Å². The Balaban J connectivity index is 2.91. The van der Waals surface area contributed by atoms with Crippen LogP contribution in [0.25, 0.3) is 10.1 Å². The normalized spacial score (nSPS) is 11.8. The standard InChI is InChI=1S/C9H7NO3S2/c10-15(12,13)8-5-6-3-1-2-4-7(6)14-9(8)11/h1-5H,(H2,10,12,13). The van der Waals surface area contributed by atoms with Gasteiger partial charge in [0.25, 0.3) is 4.74 Å². The highest BCUT2D eigenvalue weighted by atomic mass is 32.2. The zero-order chi connectivity index (χ0) is 11.1. The van der Waals surface area contributed by atoms with E-state index in [2.05, 4.69) is 0 Å². The average Bonchev–Trinajstić information content (AvgIpc) is 2.15. The number of primary sulfonamides is 1. The summed E-state index contributed by atoms with van der Waals surface area (Å²) in [7, 11) is -3.93. The Hall–Kier alpha value is -1.24. The molecule has 0 fully saturated rings. The minimum atomic E-state index is -3.93. The summed E-state index contributed by atoms with van der Waals surface area (Å²) in [6.45, 7) is 0. The quantitative estimate of drug-likeness (QED) is 0.806. The van der Waals surface area contributed by atoms with Crippen molar-refractivity contribution < 1.29 is 8.42 Å². The fourth-order valence-corrected chi connectivity index (χ4v) is 2.99. The van der Waals surface area contributed by atoms with E-state index in [1.54, 1.807) is 24.3 Å². The number of hydrogen-bond acceptors (Lipinski definition) is 4. The van der Waals surface area contributed by atoms with Crippen LogP contribution in [-0.2, 0) is 10.0 Å². The van der Waals surface area contributed by atoms with Crippen molar-refractivity contribution in [1.29, 1.82) is 0 Å². The number of hydrogen-bond donors (Lipinski definition) is 1. The van der Waals surface area contributed by atoms with Crippen molar-refractivity contribution in [3.8, 4) is 0 Å². The highest BCUT2D eigenvalue weighted by Gasteiger charge is 2.13. The van der Waals surface area contributed by atoms with Gasteiger partial charge in [0.15, 0.2) is 0 Å². The Morgan fingerprint density at radius 2 is 1.87 bits per heavy atom. The third-order valence-corrected chi connectivity index (χ3v) is 3.96. The molecule has 0 spiro atoms. The second-order valence-electron chi connectivity index (χ2n) is 2.98. The van der Waals surface area contributed by atoms with Gasteiger partial charge in [0, 0.05) is 4.70 Å². The molecular formula is C9H7NO3S2. The van der Waals surface area contributed by atoms with Crippen LogP contribution in [0.3, 0.4) is 0 Å². The number of nitrogens with two attached hydrogens (primary N) is 1. The molecule has 6 heteroatoms. The van der Waals surface area contributed by atoms with Crippen LogP contribution < -0.4 is 9.88 Å². The van der Waals surface area contributed by atoms with E-state index < -0.39 is 14.8 Å². The van der Waals surface area contributed by atoms with Gasteiger partial charge in [-0.1, -0.05) is 29.5 Å². The minimum absolute atomic E-state index is 0.341. The first-order valence-electron chi connectivity index (χ1n) is 4.04. The summed E-state index contributed by atoms with van der Waals surface area (Å²) < 4.78 is 22.4. The molecule has 0 aliphatic heterocycles. The molecule has 2 rings (SSSR count). The SMILES string of the molecule is NS(=O)(=O)c1cc2ccccc2sc1=O. The summed E-state index contributed by atoms with van der Waals surface area (Å²) in [5, 5.41) is 5.63. The van der Waals surface area contributed by atoms with Crippen LogP contribution in [-0.4, -0.2) is 8.42 Å². The molecule has 1 aromatic carbocycles. The van der Waals surface area contributed by atoms with Crippen molar-refractivity contribution in [2.75, 3.05) is 0 Å². The smallest absolute Gasteiger partial charge is 0.252 e. The first-order chi connectivity index (χ1) is 6.98. The highest BCUT2D eigenvalue weighted by molar-refractivity contribution is 7.89. The lowest BCUT2D eigenvalue weighted by Gasteiger charge is -1.98. The molecule has 0 radical (unpaired) electrons. The molecule has 0 bridgehead atoms. The minimum Gasteiger partial charge on any atom is -0.276 e. The Morgan fingerprint density at radius 3 is 2.53 bits per heavy atom. The van der Waals surface area contributed by atoms with Gasteiger partial charge in [0.1, 0.15) is 4.90 Å². The molecule has 2 N–H and O–H groups in total. The molecule has 0 saturated heterocycles. The van der Waals surface area contributed by atoms with Gasteiger partial charge in [-0.15, -0.1) is 0 Å². The van der Waals surface area contributed by atoms with Crippen molar-refractivity contribution >= 4 is 31.4 Å². The monoisotopic (exact) mass is 241 g/mol. The first kappa shape index (κ1) is 10.3. The van der Waals surface area contributed by atoms with Crippen LogP contribution in [0.4, 0.5) is 0 Å². The first-order valence-corrected chi connectivity index (χ1v) is 6.40. The van der Waals surface area contributed by atoms with Gasteiger partial charge < -0.3 is 0 Å². The van der Waals surface area contributed by atoms with Crippen molar-refractivity contribution in [1.82, 2.24) is 0 Å². The number of fused-ring (bicyclic) bond motifs is 1. The summed E-state index contributed by atoms with van der Waals surface area (Å²) in [5.74, 6) is 0. The molecule has 0 unspecified atom stereocenters. The van der Waals surface area contributed by atoms with Gasteiger partial charge in [-0.2, -0.15) is 0 Å². The van der Waals surface area contributed by atoms with Crippen LogP contribution in [0.15, 0.2) is 40.0 Å². The molecule has 2 aromatic rings. The maximum atomic E-state index is 11.4. The van der Waals surface area contributed by atoms with Crippen LogP contribution in [0.2, 0.25) is 0 Å². The summed E-state index contributed by atoms with van der Waals surface area (Å²) in [6.07, 6.45) is 0. The van der Waals surface area contributed by atoms with Crippen molar-refractivity contribution in [2.24, 2.45) is 5.14 Å². The van der Waals surface area contributed by atoms with E-state index in [-0.39, 0.29) is 4.90 Å². The molecule has 0 saturated carbocycles. The topological polar surface area (TPSA) is 77.2 Å². The van der Waals surface area contributed by atoms with E-state index in [0.717, 1.165) is 16.0 Å². The van der Waals surface area contributed by atoms with Gasteiger partial charge in [0.05, 0.1) is 0 Å². The number of benzene rings is 1. The summed E-state index contributed by atoms with van der Waals surface area (Å²) in [4.78, 5) is 11.1.